The zero-order chi connectivity index (χ0) is 21.1. The summed E-state index contributed by atoms with van der Waals surface area (Å²) in [5.74, 6) is 0. The molecule has 0 aliphatic heterocycles. The van der Waals surface area contributed by atoms with Gasteiger partial charge in [-0.05, 0) is 51.9 Å². The molecule has 6 N–H and O–H groups in total. The van der Waals surface area contributed by atoms with Gasteiger partial charge in [-0.15, -0.1) is 49.6 Å². The highest BCUT2D eigenvalue weighted by Gasteiger charge is 2.12. The molecule has 2 aromatic carbocycles. The number of rotatable bonds is 8. The van der Waals surface area contributed by atoms with Crippen LogP contribution in [0.25, 0.3) is 32.6 Å². The third-order valence-corrected chi connectivity index (χ3v) is 5.40. The van der Waals surface area contributed by atoms with Crippen molar-refractivity contribution in [1.29, 1.82) is 0 Å². The number of halogens is 4. The Kier molecular flexibility index (Phi) is 13.8. The lowest BCUT2D eigenvalue weighted by molar-refractivity contribution is 0.875. The molecule has 0 saturated heterocycles. The van der Waals surface area contributed by atoms with Crippen LogP contribution in [0.2, 0.25) is 0 Å². The van der Waals surface area contributed by atoms with Crippen molar-refractivity contribution in [2.24, 2.45) is 11.5 Å². The van der Waals surface area contributed by atoms with Gasteiger partial charge in [0.05, 0.1) is 11.0 Å². The minimum Gasteiger partial charge on any atom is -0.384 e. The number of hydrogen-bond acceptors (Lipinski definition) is 6. The van der Waals surface area contributed by atoms with Gasteiger partial charge in [-0.1, -0.05) is 24.3 Å². The van der Waals surface area contributed by atoms with Crippen molar-refractivity contribution < 1.29 is 0 Å². The van der Waals surface area contributed by atoms with Crippen molar-refractivity contribution in [2.45, 2.75) is 26.7 Å². The number of nitrogens with zero attached hydrogens (tertiary/aromatic N) is 2. The normalized spacial score (nSPS) is 10.1. The first-order valence-electron chi connectivity index (χ1n) is 10.6. The van der Waals surface area contributed by atoms with Crippen LogP contribution in [-0.4, -0.2) is 36.1 Å². The number of hydrogen-bond donors (Lipinski definition) is 4. The third-order valence-electron chi connectivity index (χ3n) is 5.40. The maximum Gasteiger partial charge on any atom is 0.0805 e. The second-order valence-electron chi connectivity index (χ2n) is 7.78. The fraction of sp³-hybridized carbons (Fsp3) is 0.333. The molecule has 6 nitrogen and oxygen atoms in total. The first kappa shape index (κ1) is 32.2. The minimum atomic E-state index is 0. The zero-order valence-electron chi connectivity index (χ0n) is 19.4. The van der Waals surface area contributed by atoms with Crippen LogP contribution in [0.3, 0.4) is 0 Å². The van der Waals surface area contributed by atoms with Gasteiger partial charge in [0.15, 0.2) is 0 Å². The number of nitrogens with two attached hydrogens (primary N) is 2. The summed E-state index contributed by atoms with van der Waals surface area (Å²) in [4.78, 5) is 9.77. The SMILES string of the molecule is Cc1cc(NCCCN)c2ccc3c(ccc4c(NCCCN)cc(C)nc43)c2n1.Cl.Cl.Cl.Cl. The fourth-order valence-corrected chi connectivity index (χ4v) is 3.98. The quantitative estimate of drug-likeness (QED) is 0.165. The Morgan fingerprint density at radius 2 is 0.971 bits per heavy atom. The molecule has 188 valence electrons. The van der Waals surface area contributed by atoms with Crippen LogP contribution in [0.4, 0.5) is 11.4 Å². The molecule has 0 atom stereocenters. The van der Waals surface area contributed by atoms with Crippen LogP contribution in [0.15, 0.2) is 36.4 Å². The first-order valence-corrected chi connectivity index (χ1v) is 10.6. The van der Waals surface area contributed by atoms with E-state index in [4.69, 9.17) is 21.4 Å². The summed E-state index contributed by atoms with van der Waals surface area (Å²) in [5.41, 5.74) is 17.5. The molecular formula is C24H34Cl4N6. The van der Waals surface area contributed by atoms with Crippen LogP contribution in [0.1, 0.15) is 24.2 Å². The van der Waals surface area contributed by atoms with Gasteiger partial charge in [0, 0.05) is 57.4 Å². The van der Waals surface area contributed by atoms with Gasteiger partial charge in [0.1, 0.15) is 0 Å². The molecule has 0 spiro atoms. The third kappa shape index (κ3) is 6.66. The van der Waals surface area contributed by atoms with E-state index in [0.717, 1.165) is 81.3 Å². The average molecular weight is 548 g/mol. The Morgan fingerprint density at radius 3 is 1.32 bits per heavy atom. The van der Waals surface area contributed by atoms with Gasteiger partial charge in [-0.3, -0.25) is 9.97 Å². The van der Waals surface area contributed by atoms with Gasteiger partial charge in [-0.2, -0.15) is 0 Å². The predicted molar refractivity (Wildman–Crippen MR) is 157 cm³/mol. The summed E-state index contributed by atoms with van der Waals surface area (Å²) >= 11 is 0. The van der Waals surface area contributed by atoms with Crippen molar-refractivity contribution in [3.05, 3.63) is 47.8 Å². The van der Waals surface area contributed by atoms with E-state index in [9.17, 15) is 0 Å². The Labute approximate surface area is 225 Å². The van der Waals surface area contributed by atoms with Gasteiger partial charge in [0.2, 0.25) is 0 Å². The highest BCUT2D eigenvalue weighted by molar-refractivity contribution is 6.18. The van der Waals surface area contributed by atoms with E-state index in [-0.39, 0.29) is 49.6 Å². The molecule has 0 fully saturated rings. The molecular weight excluding hydrogens is 514 g/mol. The highest BCUT2D eigenvalue weighted by Crippen LogP contribution is 2.35. The van der Waals surface area contributed by atoms with Gasteiger partial charge in [0.25, 0.3) is 0 Å². The summed E-state index contributed by atoms with van der Waals surface area (Å²) in [7, 11) is 0. The monoisotopic (exact) mass is 546 g/mol. The number of anilines is 2. The van der Waals surface area contributed by atoms with Gasteiger partial charge in [-0.25, -0.2) is 0 Å². The van der Waals surface area contributed by atoms with Crippen molar-refractivity contribution in [2.75, 3.05) is 36.8 Å². The Morgan fingerprint density at radius 1 is 0.618 bits per heavy atom. The Hall–Kier alpha value is -1.80. The Bertz CT molecular complexity index is 1120. The molecule has 10 heteroatoms. The molecule has 2 heterocycles. The molecule has 0 aliphatic carbocycles. The number of fused-ring (bicyclic) bond motifs is 5. The lowest BCUT2D eigenvalue weighted by Crippen LogP contribution is -2.09. The largest absolute Gasteiger partial charge is 0.384 e. The van der Waals surface area contributed by atoms with Crippen LogP contribution < -0.4 is 22.1 Å². The molecule has 34 heavy (non-hydrogen) atoms. The number of aryl methyl sites for hydroxylation is 2. The number of aromatic nitrogens is 2. The predicted octanol–water partition coefficient (Wildman–Crippen LogP) is 5.76. The first-order chi connectivity index (χ1) is 14.6. The van der Waals surface area contributed by atoms with E-state index in [1.165, 1.54) is 0 Å². The molecule has 0 radical (unpaired) electrons. The van der Waals surface area contributed by atoms with Gasteiger partial charge >= 0.3 is 0 Å². The molecule has 0 unspecified atom stereocenters. The molecule has 0 saturated carbocycles. The fourth-order valence-electron chi connectivity index (χ4n) is 3.98. The molecule has 0 aliphatic rings. The topological polar surface area (TPSA) is 102 Å². The van der Waals surface area contributed by atoms with Crippen LogP contribution in [0, 0.1) is 13.8 Å². The van der Waals surface area contributed by atoms with Crippen molar-refractivity contribution in [3.8, 4) is 0 Å². The summed E-state index contributed by atoms with van der Waals surface area (Å²) in [5, 5.41) is 11.5. The lowest BCUT2D eigenvalue weighted by atomic mass is 10.0. The molecule has 4 rings (SSSR count). The smallest absolute Gasteiger partial charge is 0.0805 e. The van der Waals surface area contributed by atoms with Crippen LogP contribution in [-0.2, 0) is 0 Å². The number of nitrogens with one attached hydrogen (secondary N) is 2. The second kappa shape index (κ2) is 14.6. The van der Waals surface area contributed by atoms with Crippen molar-refractivity contribution in [3.63, 3.8) is 0 Å². The van der Waals surface area contributed by atoms with Crippen LogP contribution >= 0.6 is 49.6 Å². The minimum absolute atomic E-state index is 0. The number of pyridine rings is 2. The highest BCUT2D eigenvalue weighted by atomic mass is 35.5. The van der Waals surface area contributed by atoms with Gasteiger partial charge < -0.3 is 22.1 Å². The summed E-state index contributed by atoms with van der Waals surface area (Å²) in [6.45, 7) is 7.13. The van der Waals surface area contributed by atoms with E-state index >= 15 is 0 Å². The summed E-state index contributed by atoms with van der Waals surface area (Å²) < 4.78 is 0. The second-order valence-corrected chi connectivity index (χ2v) is 7.78. The van der Waals surface area contributed by atoms with E-state index in [2.05, 4.69) is 47.0 Å². The average Bonchev–Trinajstić information content (AvgIpc) is 2.73. The molecule has 0 amide bonds. The molecule has 2 aromatic heterocycles. The number of benzene rings is 2. The van der Waals surface area contributed by atoms with Crippen molar-refractivity contribution >= 4 is 93.6 Å². The Balaban J connectivity index is 0.00000272. The van der Waals surface area contributed by atoms with E-state index < -0.39 is 0 Å². The summed E-state index contributed by atoms with van der Waals surface area (Å²) in [6.07, 6.45) is 1.87. The zero-order valence-corrected chi connectivity index (χ0v) is 22.7. The van der Waals surface area contributed by atoms with E-state index in [1.54, 1.807) is 0 Å². The molecule has 0 bridgehead atoms. The lowest BCUT2D eigenvalue weighted by Gasteiger charge is -2.15. The maximum absolute atomic E-state index is 5.65. The standard InChI is InChI=1S/C24H30N6.4ClH/c1-15-13-21(27-11-3-9-25)19-7-6-18-17(23(19)29-15)5-8-20-22(28-12-4-10-26)14-16(2)30-24(18)20;;;;/h5-8,13-14H,3-4,9-12,25-26H2,1-2H3,(H,27,29)(H,28,30);4*1H. The van der Waals surface area contributed by atoms with E-state index in [1.807, 2.05) is 13.8 Å². The maximum atomic E-state index is 5.65. The van der Waals surface area contributed by atoms with Crippen molar-refractivity contribution in [1.82, 2.24) is 9.97 Å². The molecule has 4 aromatic rings. The van der Waals surface area contributed by atoms with Crippen LogP contribution in [0.5, 0.6) is 0 Å². The summed E-state index contributed by atoms with van der Waals surface area (Å²) in [6, 6.07) is 12.9. The van der Waals surface area contributed by atoms with E-state index in [0.29, 0.717) is 13.1 Å².